The molecule has 2 aromatic carbocycles. The molecule has 0 atom stereocenters. The van der Waals surface area contributed by atoms with Crippen LogP contribution in [0.15, 0.2) is 63.7 Å². The molecule has 5 rings (SSSR count). The molecule has 2 aromatic heterocycles. The van der Waals surface area contributed by atoms with Crippen LogP contribution in [0.25, 0.3) is 11.1 Å². The van der Waals surface area contributed by atoms with E-state index in [1.165, 1.54) is 28.9 Å². The number of hydrogen-bond acceptors (Lipinski definition) is 7. The van der Waals surface area contributed by atoms with Crippen LogP contribution in [0.1, 0.15) is 33.4 Å². The van der Waals surface area contributed by atoms with Crippen molar-refractivity contribution in [3.8, 4) is 0 Å². The Bertz CT molecular complexity index is 1650. The average Bonchev–Trinajstić information content (AvgIpc) is 3.55. The molecule has 0 saturated heterocycles. The standard InChI is InChI=1S/C27H26N3O3S3/c1-5-30-23(36-24(25(30)31)26-28(3)20-14-17(2)10-11-21(20)35-26)15-22-29(12-13-34-22)16-18-8-6-7-9-19(18)27(32)33-4/h6-15H,5,16H2,1-4H3/q+1/b26-24+. The molecule has 0 N–H and O–H groups in total. The van der Waals surface area contributed by atoms with E-state index in [2.05, 4.69) is 40.7 Å². The van der Waals surface area contributed by atoms with Crippen LogP contribution in [-0.4, -0.2) is 24.7 Å². The lowest BCUT2D eigenvalue weighted by Gasteiger charge is -2.12. The van der Waals surface area contributed by atoms with Crippen molar-refractivity contribution in [1.82, 2.24) is 4.57 Å². The number of thiazole rings is 2. The van der Waals surface area contributed by atoms with Gasteiger partial charge in [-0.15, -0.1) is 11.3 Å². The summed E-state index contributed by atoms with van der Waals surface area (Å²) in [6.07, 6.45) is 4.07. The van der Waals surface area contributed by atoms with Crippen molar-refractivity contribution in [2.24, 2.45) is 0 Å². The molecule has 36 heavy (non-hydrogen) atoms. The van der Waals surface area contributed by atoms with E-state index in [1.807, 2.05) is 48.3 Å². The highest BCUT2D eigenvalue weighted by atomic mass is 32.2. The van der Waals surface area contributed by atoms with Crippen LogP contribution in [0.3, 0.4) is 0 Å². The molecular formula is C27H26N3O3S3+. The molecule has 1 aliphatic rings. The Balaban J connectivity index is 1.58. The number of aryl methyl sites for hydroxylation is 1. The zero-order valence-corrected chi connectivity index (χ0v) is 22.9. The Morgan fingerprint density at radius 2 is 2.00 bits per heavy atom. The SMILES string of the molecule is CCn1c(=O)/c(=C2\Sc3ccc(C)cc3N2C)s/c1=C\c1scc[n+]1Cc1ccccc1C(=O)OC. The van der Waals surface area contributed by atoms with Crippen LogP contribution in [0.2, 0.25) is 0 Å². The van der Waals surface area contributed by atoms with Gasteiger partial charge in [-0.2, -0.15) is 4.57 Å². The fourth-order valence-corrected chi connectivity index (χ4v) is 7.54. The van der Waals surface area contributed by atoms with E-state index in [4.69, 9.17) is 4.74 Å². The molecule has 0 amide bonds. The van der Waals surface area contributed by atoms with E-state index in [0.717, 1.165) is 30.5 Å². The first-order valence-electron chi connectivity index (χ1n) is 11.5. The van der Waals surface area contributed by atoms with Crippen molar-refractivity contribution >= 4 is 57.2 Å². The third kappa shape index (κ3) is 4.42. The van der Waals surface area contributed by atoms with E-state index in [0.29, 0.717) is 18.7 Å². The van der Waals surface area contributed by atoms with E-state index in [1.54, 1.807) is 29.2 Å². The molecule has 0 radical (unpaired) electrons. The minimum atomic E-state index is -0.346. The fourth-order valence-electron chi connectivity index (χ4n) is 4.24. The third-order valence-electron chi connectivity index (χ3n) is 6.13. The van der Waals surface area contributed by atoms with Crippen molar-refractivity contribution in [2.75, 3.05) is 19.1 Å². The van der Waals surface area contributed by atoms with Gasteiger partial charge < -0.3 is 9.64 Å². The summed E-state index contributed by atoms with van der Waals surface area (Å²) in [4.78, 5) is 29.0. The number of methoxy groups -OCH3 is 1. The third-order valence-corrected chi connectivity index (χ3v) is 9.47. The Hall–Kier alpha value is -3.14. The molecule has 9 heteroatoms. The zero-order valence-electron chi connectivity index (χ0n) is 20.5. The normalized spacial score (nSPS) is 14.9. The number of benzene rings is 2. The Kier molecular flexibility index (Phi) is 6.87. The van der Waals surface area contributed by atoms with E-state index in [9.17, 15) is 9.59 Å². The van der Waals surface area contributed by atoms with Gasteiger partial charge in [0.2, 0.25) is 0 Å². The number of thioether (sulfide) groups is 1. The Morgan fingerprint density at radius 3 is 2.78 bits per heavy atom. The second kappa shape index (κ2) is 10.1. The topological polar surface area (TPSA) is 55.4 Å². The van der Waals surface area contributed by atoms with Gasteiger partial charge in [0.1, 0.15) is 14.2 Å². The van der Waals surface area contributed by atoms with Crippen LogP contribution in [0.4, 0.5) is 5.69 Å². The monoisotopic (exact) mass is 536 g/mol. The maximum Gasteiger partial charge on any atom is 0.338 e. The molecule has 0 bridgehead atoms. The summed E-state index contributed by atoms with van der Waals surface area (Å²) in [6, 6.07) is 13.9. The maximum atomic E-state index is 13.5. The highest BCUT2D eigenvalue weighted by Gasteiger charge is 2.25. The van der Waals surface area contributed by atoms with Crippen molar-refractivity contribution < 1.29 is 14.1 Å². The largest absolute Gasteiger partial charge is 0.465 e. The van der Waals surface area contributed by atoms with Crippen LogP contribution in [0.5, 0.6) is 0 Å². The summed E-state index contributed by atoms with van der Waals surface area (Å²) < 4.78 is 10.5. The number of anilines is 1. The summed E-state index contributed by atoms with van der Waals surface area (Å²) in [5.74, 6) is -0.346. The Morgan fingerprint density at radius 1 is 1.19 bits per heavy atom. The number of ether oxygens (including phenoxy) is 1. The molecule has 0 unspecified atom stereocenters. The van der Waals surface area contributed by atoms with Gasteiger partial charge in [-0.05, 0) is 37.6 Å². The van der Waals surface area contributed by atoms with Gasteiger partial charge in [0.25, 0.3) is 10.6 Å². The number of rotatable bonds is 5. The number of carbonyl (C=O) groups excluding carboxylic acids is 1. The summed E-state index contributed by atoms with van der Waals surface area (Å²) in [5.41, 5.74) is 3.81. The first-order chi connectivity index (χ1) is 17.4. The van der Waals surface area contributed by atoms with Crippen LogP contribution >= 0.6 is 34.4 Å². The predicted octanol–water partition coefficient (Wildman–Crippen LogP) is 3.56. The smallest absolute Gasteiger partial charge is 0.338 e. The van der Waals surface area contributed by atoms with Gasteiger partial charge in [0, 0.05) is 24.1 Å². The molecule has 0 fully saturated rings. The number of carbonyl (C=O) groups is 1. The minimum absolute atomic E-state index is 0.0340. The molecule has 3 heterocycles. The average molecular weight is 537 g/mol. The minimum Gasteiger partial charge on any atom is -0.465 e. The predicted molar refractivity (Wildman–Crippen MR) is 147 cm³/mol. The highest BCUT2D eigenvalue weighted by molar-refractivity contribution is 8.08. The second-order valence-electron chi connectivity index (χ2n) is 8.42. The molecule has 1 aliphatic heterocycles. The van der Waals surface area contributed by atoms with Crippen LogP contribution in [0, 0.1) is 6.92 Å². The van der Waals surface area contributed by atoms with Crippen molar-refractivity contribution in [3.63, 3.8) is 0 Å². The lowest BCUT2D eigenvalue weighted by atomic mass is 10.1. The molecule has 4 aromatic rings. The zero-order chi connectivity index (χ0) is 25.4. The van der Waals surface area contributed by atoms with Gasteiger partial charge in [0.15, 0.2) is 12.7 Å². The van der Waals surface area contributed by atoms with Gasteiger partial charge in [-0.3, -0.25) is 9.36 Å². The van der Waals surface area contributed by atoms with E-state index < -0.39 is 0 Å². The molecule has 6 nitrogen and oxygen atoms in total. The number of nitrogens with zero attached hydrogens (tertiary/aromatic N) is 3. The molecule has 184 valence electrons. The van der Waals surface area contributed by atoms with E-state index >= 15 is 0 Å². The summed E-state index contributed by atoms with van der Waals surface area (Å²) in [7, 11) is 3.42. The molecule has 0 aliphatic carbocycles. The first kappa shape index (κ1) is 24.5. The van der Waals surface area contributed by atoms with Gasteiger partial charge in [-0.25, -0.2) is 4.79 Å². The van der Waals surface area contributed by atoms with Crippen molar-refractivity contribution in [3.05, 3.63) is 95.3 Å². The second-order valence-corrected chi connectivity index (χ2v) is 11.4. The lowest BCUT2D eigenvalue weighted by molar-refractivity contribution is -0.685. The quantitative estimate of drug-likeness (QED) is 0.289. The lowest BCUT2D eigenvalue weighted by Crippen LogP contribution is -2.36. The molecular weight excluding hydrogens is 511 g/mol. The van der Waals surface area contributed by atoms with Gasteiger partial charge in [-0.1, -0.05) is 47.4 Å². The fraction of sp³-hybridized carbons (Fsp3) is 0.222. The molecule has 0 saturated carbocycles. The van der Waals surface area contributed by atoms with Crippen molar-refractivity contribution in [2.45, 2.75) is 31.8 Å². The molecule has 0 spiro atoms. The van der Waals surface area contributed by atoms with Gasteiger partial charge in [0.05, 0.1) is 29.8 Å². The number of hydrogen-bond donors (Lipinski definition) is 0. The van der Waals surface area contributed by atoms with Crippen LogP contribution < -0.4 is 24.2 Å². The summed E-state index contributed by atoms with van der Waals surface area (Å²) >= 11 is 4.78. The number of esters is 1. The highest BCUT2D eigenvalue weighted by Crippen LogP contribution is 2.45. The van der Waals surface area contributed by atoms with Crippen LogP contribution in [-0.2, 0) is 17.8 Å². The first-order valence-corrected chi connectivity index (χ1v) is 14.0. The van der Waals surface area contributed by atoms with Gasteiger partial charge >= 0.3 is 5.97 Å². The van der Waals surface area contributed by atoms with Crippen molar-refractivity contribution in [1.29, 1.82) is 0 Å². The summed E-state index contributed by atoms with van der Waals surface area (Å²) in [5, 5.41) is 3.99. The summed E-state index contributed by atoms with van der Waals surface area (Å²) in [6.45, 7) is 5.20. The number of fused-ring (bicyclic) bond motifs is 1. The Labute approximate surface area is 221 Å². The number of aromatic nitrogens is 2. The maximum absolute atomic E-state index is 13.5. The van der Waals surface area contributed by atoms with E-state index in [-0.39, 0.29) is 11.5 Å².